The van der Waals surface area contributed by atoms with Gasteiger partial charge in [0.15, 0.2) is 0 Å². The van der Waals surface area contributed by atoms with Crippen molar-refractivity contribution < 1.29 is 0 Å². The molecule has 1 fully saturated rings. The van der Waals surface area contributed by atoms with Gasteiger partial charge in [-0.05, 0) is 25.0 Å². The molecule has 2 aliphatic carbocycles. The molecule has 0 saturated heterocycles. The fourth-order valence-corrected chi connectivity index (χ4v) is 2.68. The van der Waals surface area contributed by atoms with Crippen molar-refractivity contribution in [3.63, 3.8) is 0 Å². The average Bonchev–Trinajstić information content (AvgIpc) is 2.46. The van der Waals surface area contributed by atoms with Crippen molar-refractivity contribution in [3.05, 3.63) is 48.2 Å². The topological polar surface area (TPSA) is 12.0 Å². The summed E-state index contributed by atoms with van der Waals surface area (Å²) in [5, 5.41) is 3.71. The third-order valence-electron chi connectivity index (χ3n) is 3.72. The highest BCUT2D eigenvalue weighted by Crippen LogP contribution is 2.18. The van der Waals surface area contributed by atoms with Crippen molar-refractivity contribution in [2.24, 2.45) is 0 Å². The number of hydrogen-bond acceptors (Lipinski definition) is 1. The number of nitrogens with one attached hydrogen (secondary N) is 1. The zero-order valence-corrected chi connectivity index (χ0v) is 11.3. The Morgan fingerprint density at radius 2 is 1.33 bits per heavy atom. The minimum Gasteiger partial charge on any atom is -0.382 e. The maximum atomic E-state index is 3.71. The van der Waals surface area contributed by atoms with E-state index < -0.39 is 0 Å². The fourth-order valence-electron chi connectivity index (χ4n) is 2.68. The van der Waals surface area contributed by atoms with E-state index >= 15 is 0 Å². The quantitative estimate of drug-likeness (QED) is 0.744. The molecule has 98 valence electrons. The summed E-state index contributed by atoms with van der Waals surface area (Å²) in [6.07, 6.45) is 25.9. The summed E-state index contributed by atoms with van der Waals surface area (Å²) >= 11 is 0. The summed E-state index contributed by atoms with van der Waals surface area (Å²) in [5.74, 6) is 0. The van der Waals surface area contributed by atoms with Crippen LogP contribution in [0.4, 0.5) is 0 Å². The van der Waals surface area contributed by atoms with E-state index in [0.717, 1.165) is 0 Å². The third kappa shape index (κ3) is 4.95. The molecule has 0 aliphatic heterocycles. The lowest BCUT2D eigenvalue weighted by Crippen LogP contribution is -2.27. The van der Waals surface area contributed by atoms with Gasteiger partial charge in [0.1, 0.15) is 0 Å². The van der Waals surface area contributed by atoms with Gasteiger partial charge in [0, 0.05) is 11.7 Å². The van der Waals surface area contributed by atoms with Crippen LogP contribution in [-0.2, 0) is 0 Å². The van der Waals surface area contributed by atoms with Crippen LogP contribution in [0, 0.1) is 0 Å². The summed E-state index contributed by atoms with van der Waals surface area (Å²) in [6, 6.07) is 0.663. The first-order chi connectivity index (χ1) is 8.95. The smallest absolute Gasteiger partial charge is 0.0342 e. The van der Waals surface area contributed by atoms with Gasteiger partial charge in [-0.3, -0.25) is 0 Å². The van der Waals surface area contributed by atoms with Crippen molar-refractivity contribution in [2.45, 2.75) is 57.4 Å². The molecule has 0 aromatic heterocycles. The van der Waals surface area contributed by atoms with E-state index in [4.69, 9.17) is 0 Å². The summed E-state index contributed by atoms with van der Waals surface area (Å²) in [4.78, 5) is 0. The maximum absolute atomic E-state index is 3.71. The van der Waals surface area contributed by atoms with Crippen LogP contribution >= 0.6 is 0 Å². The van der Waals surface area contributed by atoms with E-state index in [1.165, 1.54) is 57.1 Å². The van der Waals surface area contributed by atoms with Gasteiger partial charge in [0.2, 0.25) is 0 Å². The average molecular weight is 243 g/mol. The highest BCUT2D eigenvalue weighted by atomic mass is 14.9. The first-order valence-electron chi connectivity index (χ1n) is 7.43. The van der Waals surface area contributed by atoms with Crippen LogP contribution in [0.25, 0.3) is 0 Å². The molecule has 2 aliphatic rings. The normalized spacial score (nSPS) is 30.6. The van der Waals surface area contributed by atoms with Crippen LogP contribution in [-0.4, -0.2) is 6.04 Å². The first kappa shape index (κ1) is 13.2. The number of rotatable bonds is 2. The molecular weight excluding hydrogens is 218 g/mol. The molecule has 1 nitrogen and oxygen atoms in total. The zero-order chi connectivity index (χ0) is 12.5. The second-order valence-electron chi connectivity index (χ2n) is 5.29. The summed E-state index contributed by atoms with van der Waals surface area (Å²) in [5.41, 5.74) is 1.25. The highest BCUT2D eigenvalue weighted by molar-refractivity contribution is 5.30. The standard InChI is InChI=1S/C17H25N/c1-2-5-9-13-16(12-8-4-1)18-17-14-10-6-3-7-11-15-17/h3,6-7,10-11,14-16,18H,1-2,4-5,8-9,12-13H2/b6-3-,7-3?,10-6?,11-7-,14-10-,15-11?,17-14?,17-15+. The largest absolute Gasteiger partial charge is 0.382 e. The second-order valence-corrected chi connectivity index (χ2v) is 5.29. The Balaban J connectivity index is 1.89. The molecule has 0 heterocycles. The Bertz CT molecular complexity index is 337. The van der Waals surface area contributed by atoms with Gasteiger partial charge >= 0.3 is 0 Å². The molecule has 0 unspecified atom stereocenters. The monoisotopic (exact) mass is 243 g/mol. The molecule has 0 bridgehead atoms. The van der Waals surface area contributed by atoms with Gasteiger partial charge in [0.05, 0.1) is 0 Å². The Labute approximate surface area is 111 Å². The van der Waals surface area contributed by atoms with Crippen LogP contribution < -0.4 is 5.32 Å². The van der Waals surface area contributed by atoms with Crippen molar-refractivity contribution in [1.82, 2.24) is 5.32 Å². The van der Waals surface area contributed by atoms with Gasteiger partial charge in [-0.2, -0.15) is 0 Å². The summed E-state index contributed by atoms with van der Waals surface area (Å²) in [7, 11) is 0. The predicted molar refractivity (Wildman–Crippen MR) is 79.4 cm³/mol. The van der Waals surface area contributed by atoms with Crippen molar-refractivity contribution in [2.75, 3.05) is 0 Å². The minimum absolute atomic E-state index is 0.663. The lowest BCUT2D eigenvalue weighted by molar-refractivity contribution is 0.472. The van der Waals surface area contributed by atoms with E-state index in [1.807, 2.05) is 0 Å². The Hall–Kier alpha value is -1.24. The molecule has 0 amide bonds. The minimum atomic E-state index is 0.663. The molecule has 18 heavy (non-hydrogen) atoms. The second kappa shape index (κ2) is 7.97. The third-order valence-corrected chi connectivity index (χ3v) is 3.72. The van der Waals surface area contributed by atoms with Crippen molar-refractivity contribution in [1.29, 1.82) is 0 Å². The molecule has 0 aromatic carbocycles. The van der Waals surface area contributed by atoms with Crippen molar-refractivity contribution in [3.8, 4) is 0 Å². The SMILES string of the molecule is C1=C\C=C/C(NC2CCCCCCCC2)=C\C=C/1. The molecule has 1 N–H and O–H groups in total. The zero-order valence-electron chi connectivity index (χ0n) is 11.3. The molecular formula is C17H25N. The summed E-state index contributed by atoms with van der Waals surface area (Å²) in [6.45, 7) is 0. The van der Waals surface area contributed by atoms with Gasteiger partial charge in [-0.15, -0.1) is 0 Å². The van der Waals surface area contributed by atoms with Crippen molar-refractivity contribution >= 4 is 0 Å². The van der Waals surface area contributed by atoms with Gasteiger partial charge in [0.25, 0.3) is 0 Å². The van der Waals surface area contributed by atoms with E-state index in [9.17, 15) is 0 Å². The maximum Gasteiger partial charge on any atom is 0.0342 e. The van der Waals surface area contributed by atoms with Crippen LogP contribution in [0.5, 0.6) is 0 Å². The molecule has 0 atom stereocenters. The Morgan fingerprint density at radius 3 is 2.11 bits per heavy atom. The van der Waals surface area contributed by atoms with E-state index in [2.05, 4.69) is 47.8 Å². The predicted octanol–water partition coefficient (Wildman–Crippen LogP) is 4.65. The molecule has 1 heteroatoms. The van der Waals surface area contributed by atoms with Crippen LogP contribution in [0.3, 0.4) is 0 Å². The Kier molecular flexibility index (Phi) is 5.84. The highest BCUT2D eigenvalue weighted by Gasteiger charge is 2.10. The van der Waals surface area contributed by atoms with Gasteiger partial charge in [-0.25, -0.2) is 0 Å². The van der Waals surface area contributed by atoms with E-state index in [-0.39, 0.29) is 0 Å². The van der Waals surface area contributed by atoms with Crippen LogP contribution in [0.15, 0.2) is 48.2 Å². The van der Waals surface area contributed by atoms with Crippen LogP contribution in [0.2, 0.25) is 0 Å². The number of hydrogen-bond donors (Lipinski definition) is 1. The molecule has 0 radical (unpaired) electrons. The fraction of sp³-hybridized carbons (Fsp3) is 0.529. The Morgan fingerprint density at radius 1 is 0.722 bits per heavy atom. The lowest BCUT2D eigenvalue weighted by atomic mass is 10.0. The van der Waals surface area contributed by atoms with Gasteiger partial charge in [-0.1, -0.05) is 68.9 Å². The molecule has 2 rings (SSSR count). The summed E-state index contributed by atoms with van der Waals surface area (Å²) < 4.78 is 0. The first-order valence-corrected chi connectivity index (χ1v) is 7.43. The van der Waals surface area contributed by atoms with E-state index in [1.54, 1.807) is 0 Å². The molecule has 0 spiro atoms. The van der Waals surface area contributed by atoms with E-state index in [0.29, 0.717) is 6.04 Å². The number of allylic oxidation sites excluding steroid dienone is 7. The molecule has 0 aromatic rings. The molecule has 1 saturated carbocycles. The van der Waals surface area contributed by atoms with Gasteiger partial charge < -0.3 is 5.32 Å². The lowest BCUT2D eigenvalue weighted by Gasteiger charge is -2.20. The van der Waals surface area contributed by atoms with Crippen LogP contribution in [0.1, 0.15) is 51.4 Å².